The molecule has 136 valence electrons. The van der Waals surface area contributed by atoms with Gasteiger partial charge in [-0.2, -0.15) is 0 Å². The maximum absolute atomic E-state index is 13.0. The van der Waals surface area contributed by atoms with E-state index >= 15 is 0 Å². The summed E-state index contributed by atoms with van der Waals surface area (Å²) in [5.41, 5.74) is 3.22. The van der Waals surface area contributed by atoms with Crippen molar-refractivity contribution >= 4 is 23.2 Å². The number of anilines is 2. The van der Waals surface area contributed by atoms with Crippen molar-refractivity contribution in [2.24, 2.45) is 0 Å². The van der Waals surface area contributed by atoms with Gasteiger partial charge in [0.1, 0.15) is 0 Å². The van der Waals surface area contributed by atoms with Crippen LogP contribution in [0.25, 0.3) is 0 Å². The number of rotatable bonds is 5. The van der Waals surface area contributed by atoms with Crippen molar-refractivity contribution in [3.63, 3.8) is 0 Å². The van der Waals surface area contributed by atoms with Crippen LogP contribution in [0.4, 0.5) is 11.4 Å². The van der Waals surface area contributed by atoms with E-state index in [1.54, 1.807) is 6.07 Å². The van der Waals surface area contributed by atoms with Crippen LogP contribution in [0.1, 0.15) is 48.7 Å². The van der Waals surface area contributed by atoms with Gasteiger partial charge >= 0.3 is 0 Å². The lowest BCUT2D eigenvalue weighted by Gasteiger charge is -2.23. The van der Waals surface area contributed by atoms with Crippen LogP contribution in [-0.2, 0) is 4.79 Å². The second-order valence-electron chi connectivity index (χ2n) is 6.71. The Hall–Kier alpha value is -2.82. The van der Waals surface area contributed by atoms with Crippen LogP contribution in [0.3, 0.4) is 0 Å². The molecule has 26 heavy (non-hydrogen) atoms. The third-order valence-electron chi connectivity index (χ3n) is 4.66. The minimum Gasteiger partial charge on any atom is -0.371 e. The highest BCUT2D eigenvalue weighted by atomic mass is 16.2. The molecule has 5 heteroatoms. The highest BCUT2D eigenvalue weighted by molar-refractivity contribution is 6.02. The lowest BCUT2D eigenvalue weighted by atomic mass is 10.1. The van der Waals surface area contributed by atoms with Gasteiger partial charge in [-0.3, -0.25) is 9.59 Å². The Bertz CT molecular complexity index is 783. The molecule has 1 heterocycles. The molecule has 0 spiro atoms. The SMILES string of the molecule is CC(=O)Nc1ccc(N2CCCC2)c(C(=O)NC(C)c2ccccc2)c1. The summed E-state index contributed by atoms with van der Waals surface area (Å²) in [4.78, 5) is 26.6. The summed E-state index contributed by atoms with van der Waals surface area (Å²) < 4.78 is 0. The Balaban J connectivity index is 1.86. The molecule has 3 rings (SSSR count). The molecule has 1 fully saturated rings. The van der Waals surface area contributed by atoms with Gasteiger partial charge < -0.3 is 15.5 Å². The summed E-state index contributed by atoms with van der Waals surface area (Å²) >= 11 is 0. The zero-order chi connectivity index (χ0) is 18.5. The second-order valence-corrected chi connectivity index (χ2v) is 6.71. The van der Waals surface area contributed by atoms with Gasteiger partial charge in [-0.25, -0.2) is 0 Å². The van der Waals surface area contributed by atoms with E-state index in [1.165, 1.54) is 6.92 Å². The van der Waals surface area contributed by atoms with Crippen molar-refractivity contribution in [1.82, 2.24) is 5.32 Å². The van der Waals surface area contributed by atoms with Gasteiger partial charge in [-0.1, -0.05) is 30.3 Å². The molecule has 0 bridgehead atoms. The van der Waals surface area contributed by atoms with E-state index < -0.39 is 0 Å². The highest BCUT2D eigenvalue weighted by Crippen LogP contribution is 2.28. The van der Waals surface area contributed by atoms with Crippen LogP contribution in [0, 0.1) is 0 Å². The van der Waals surface area contributed by atoms with Gasteiger partial charge in [-0.05, 0) is 43.5 Å². The number of hydrogen-bond donors (Lipinski definition) is 2. The summed E-state index contributed by atoms with van der Waals surface area (Å²) in [5.74, 6) is -0.279. The summed E-state index contributed by atoms with van der Waals surface area (Å²) in [6.45, 7) is 5.34. The molecule has 0 saturated carbocycles. The third kappa shape index (κ3) is 4.23. The van der Waals surface area contributed by atoms with E-state index in [9.17, 15) is 9.59 Å². The summed E-state index contributed by atoms with van der Waals surface area (Å²) in [6.07, 6.45) is 2.27. The van der Waals surface area contributed by atoms with Crippen molar-refractivity contribution in [2.45, 2.75) is 32.7 Å². The lowest BCUT2D eigenvalue weighted by molar-refractivity contribution is -0.114. The molecule has 5 nitrogen and oxygen atoms in total. The fraction of sp³-hybridized carbons (Fsp3) is 0.333. The zero-order valence-corrected chi connectivity index (χ0v) is 15.3. The number of nitrogens with one attached hydrogen (secondary N) is 2. The van der Waals surface area contributed by atoms with Gasteiger partial charge in [0.25, 0.3) is 5.91 Å². The van der Waals surface area contributed by atoms with Crippen LogP contribution in [0.5, 0.6) is 0 Å². The van der Waals surface area contributed by atoms with Crippen LogP contribution < -0.4 is 15.5 Å². The minimum atomic E-state index is -0.150. The number of carbonyl (C=O) groups excluding carboxylic acids is 2. The summed E-state index contributed by atoms with van der Waals surface area (Å²) in [6, 6.07) is 15.3. The Morgan fingerprint density at radius 3 is 2.38 bits per heavy atom. The van der Waals surface area contributed by atoms with E-state index in [0.29, 0.717) is 11.3 Å². The molecule has 1 aliphatic heterocycles. The molecule has 2 amide bonds. The largest absolute Gasteiger partial charge is 0.371 e. The monoisotopic (exact) mass is 351 g/mol. The summed E-state index contributed by atoms with van der Waals surface area (Å²) in [7, 11) is 0. The Morgan fingerprint density at radius 1 is 1.04 bits per heavy atom. The first kappa shape index (κ1) is 18.0. The van der Waals surface area contributed by atoms with E-state index in [1.807, 2.05) is 49.4 Å². The standard InChI is InChI=1S/C21H25N3O2/c1-15(17-8-4-3-5-9-17)22-21(26)19-14-18(23-16(2)25)10-11-20(19)24-12-6-7-13-24/h3-5,8-11,14-15H,6-7,12-13H2,1-2H3,(H,22,26)(H,23,25). The number of nitrogens with zero attached hydrogens (tertiary/aromatic N) is 1. The molecule has 1 aliphatic rings. The van der Waals surface area contributed by atoms with Gasteiger partial charge in [-0.15, -0.1) is 0 Å². The highest BCUT2D eigenvalue weighted by Gasteiger charge is 2.21. The van der Waals surface area contributed by atoms with E-state index in [-0.39, 0.29) is 17.9 Å². The number of hydrogen-bond acceptors (Lipinski definition) is 3. The van der Waals surface area contributed by atoms with Gasteiger partial charge in [0, 0.05) is 31.4 Å². The molecule has 2 aromatic rings. The molecular formula is C21H25N3O2. The summed E-state index contributed by atoms with van der Waals surface area (Å²) in [5, 5.41) is 5.84. The normalized spacial score (nSPS) is 14.8. The molecule has 0 aliphatic carbocycles. The molecule has 1 unspecified atom stereocenters. The average molecular weight is 351 g/mol. The van der Waals surface area contributed by atoms with Crippen molar-refractivity contribution in [1.29, 1.82) is 0 Å². The van der Waals surface area contributed by atoms with Crippen LogP contribution in [0.15, 0.2) is 48.5 Å². The van der Waals surface area contributed by atoms with Gasteiger partial charge in [0.05, 0.1) is 11.6 Å². The van der Waals surface area contributed by atoms with Crippen molar-refractivity contribution in [3.8, 4) is 0 Å². The van der Waals surface area contributed by atoms with Gasteiger partial charge in [0.15, 0.2) is 0 Å². The molecular weight excluding hydrogens is 326 g/mol. The first-order chi connectivity index (χ1) is 12.5. The van der Waals surface area contributed by atoms with Crippen LogP contribution in [-0.4, -0.2) is 24.9 Å². The fourth-order valence-electron chi connectivity index (χ4n) is 3.33. The van der Waals surface area contributed by atoms with E-state index in [0.717, 1.165) is 37.2 Å². The first-order valence-corrected chi connectivity index (χ1v) is 9.07. The average Bonchev–Trinajstić information content (AvgIpc) is 3.16. The predicted molar refractivity (Wildman–Crippen MR) is 105 cm³/mol. The second kappa shape index (κ2) is 8.04. The Labute approximate surface area is 154 Å². The molecule has 0 aromatic heterocycles. The smallest absolute Gasteiger partial charge is 0.253 e. The minimum absolute atomic E-state index is 0.0976. The topological polar surface area (TPSA) is 61.4 Å². The third-order valence-corrected chi connectivity index (χ3v) is 4.66. The fourth-order valence-corrected chi connectivity index (χ4v) is 3.33. The van der Waals surface area contributed by atoms with E-state index in [4.69, 9.17) is 0 Å². The Kier molecular flexibility index (Phi) is 5.56. The van der Waals surface area contributed by atoms with Gasteiger partial charge in [0.2, 0.25) is 5.91 Å². The van der Waals surface area contributed by atoms with Crippen molar-refractivity contribution < 1.29 is 9.59 Å². The van der Waals surface area contributed by atoms with Crippen molar-refractivity contribution in [2.75, 3.05) is 23.3 Å². The number of carbonyl (C=O) groups is 2. The quantitative estimate of drug-likeness (QED) is 0.863. The maximum Gasteiger partial charge on any atom is 0.253 e. The molecule has 2 aromatic carbocycles. The zero-order valence-electron chi connectivity index (χ0n) is 15.3. The Morgan fingerprint density at radius 2 is 1.73 bits per heavy atom. The number of benzene rings is 2. The van der Waals surface area contributed by atoms with Crippen LogP contribution >= 0.6 is 0 Å². The van der Waals surface area contributed by atoms with Crippen LogP contribution in [0.2, 0.25) is 0 Å². The molecule has 1 saturated heterocycles. The lowest BCUT2D eigenvalue weighted by Crippen LogP contribution is -2.29. The van der Waals surface area contributed by atoms with E-state index in [2.05, 4.69) is 15.5 Å². The molecule has 0 radical (unpaired) electrons. The van der Waals surface area contributed by atoms with Crippen molar-refractivity contribution in [3.05, 3.63) is 59.7 Å². The number of amides is 2. The predicted octanol–water partition coefficient (Wildman–Crippen LogP) is 3.74. The maximum atomic E-state index is 13.0. The molecule has 1 atom stereocenters. The first-order valence-electron chi connectivity index (χ1n) is 9.07. The molecule has 2 N–H and O–H groups in total.